The van der Waals surface area contributed by atoms with Crippen molar-refractivity contribution in [2.24, 2.45) is 7.05 Å². The molecule has 0 aliphatic rings. The summed E-state index contributed by atoms with van der Waals surface area (Å²) in [7, 11) is -1.38. The normalized spacial score (nSPS) is 11.9. The second-order valence-corrected chi connectivity index (χ2v) is 6.19. The van der Waals surface area contributed by atoms with Gasteiger partial charge < -0.3 is 5.32 Å². The third-order valence-electron chi connectivity index (χ3n) is 2.45. The molecule has 2 N–H and O–H groups in total. The lowest BCUT2D eigenvalue weighted by Crippen LogP contribution is -2.28. The van der Waals surface area contributed by atoms with E-state index in [9.17, 15) is 8.42 Å². The van der Waals surface area contributed by atoms with E-state index >= 15 is 0 Å². The maximum atomic E-state index is 11.7. The van der Waals surface area contributed by atoms with E-state index < -0.39 is 10.0 Å². The highest BCUT2D eigenvalue weighted by Gasteiger charge is 2.09. The molecule has 1 heterocycles. The Kier molecular flexibility index (Phi) is 6.31. The second kappa shape index (κ2) is 7.50. The number of aryl methyl sites for hydroxylation is 1. The Bertz CT molecular complexity index is 442. The van der Waals surface area contributed by atoms with Crippen LogP contribution in [0.4, 0.5) is 0 Å². The Morgan fingerprint density at radius 2 is 2.17 bits per heavy atom. The summed E-state index contributed by atoms with van der Waals surface area (Å²) in [5, 5.41) is 7.16. The van der Waals surface area contributed by atoms with Gasteiger partial charge in [-0.3, -0.25) is 4.68 Å². The smallest absolute Gasteiger partial charge is 0.211 e. The first-order chi connectivity index (χ1) is 8.53. The fraction of sp³-hybridized carbons (Fsp3) is 0.727. The van der Waals surface area contributed by atoms with Crippen molar-refractivity contribution in [2.45, 2.75) is 26.3 Å². The Balaban J connectivity index is 2.23. The number of hydrogen-bond donors (Lipinski definition) is 2. The topological polar surface area (TPSA) is 76.0 Å². The van der Waals surface area contributed by atoms with Crippen LogP contribution < -0.4 is 10.0 Å². The molecule has 0 saturated carbocycles. The lowest BCUT2D eigenvalue weighted by atomic mass is 10.4. The van der Waals surface area contributed by atoms with Crippen molar-refractivity contribution in [3.8, 4) is 0 Å². The van der Waals surface area contributed by atoms with Crippen LogP contribution in [0, 0.1) is 0 Å². The zero-order valence-electron chi connectivity index (χ0n) is 11.0. The molecule has 0 saturated heterocycles. The molecular weight excluding hydrogens is 252 g/mol. The van der Waals surface area contributed by atoms with Crippen molar-refractivity contribution in [1.29, 1.82) is 0 Å². The van der Waals surface area contributed by atoms with Gasteiger partial charge in [-0.25, -0.2) is 13.1 Å². The largest absolute Gasteiger partial charge is 0.317 e. The quantitative estimate of drug-likeness (QED) is 0.632. The maximum absolute atomic E-state index is 11.7. The maximum Gasteiger partial charge on any atom is 0.211 e. The molecule has 0 bridgehead atoms. The predicted molar refractivity (Wildman–Crippen MR) is 71.6 cm³/mol. The van der Waals surface area contributed by atoms with Gasteiger partial charge in [0.05, 0.1) is 11.9 Å². The summed E-state index contributed by atoms with van der Waals surface area (Å²) in [4.78, 5) is 0. The minimum atomic E-state index is -3.18. The molecule has 0 aliphatic heterocycles. The molecule has 7 heteroatoms. The molecule has 1 aromatic rings. The molecule has 1 rings (SSSR count). The van der Waals surface area contributed by atoms with E-state index in [1.165, 1.54) is 0 Å². The van der Waals surface area contributed by atoms with Gasteiger partial charge in [-0.2, -0.15) is 5.10 Å². The summed E-state index contributed by atoms with van der Waals surface area (Å²) >= 11 is 0. The highest BCUT2D eigenvalue weighted by atomic mass is 32.2. The van der Waals surface area contributed by atoms with Crippen LogP contribution >= 0.6 is 0 Å². The first-order valence-electron chi connectivity index (χ1n) is 6.19. The third-order valence-corrected chi connectivity index (χ3v) is 3.86. The lowest BCUT2D eigenvalue weighted by molar-refractivity contribution is 0.574. The third kappa shape index (κ3) is 6.13. The van der Waals surface area contributed by atoms with Crippen LogP contribution in [0.3, 0.4) is 0 Å². The van der Waals surface area contributed by atoms with E-state index in [4.69, 9.17) is 0 Å². The molecular formula is C11H22N4O2S. The number of hydrogen-bond acceptors (Lipinski definition) is 4. The number of nitrogens with zero attached hydrogens (tertiary/aromatic N) is 2. The van der Waals surface area contributed by atoms with Gasteiger partial charge in [-0.05, 0) is 25.9 Å². The Morgan fingerprint density at radius 3 is 2.78 bits per heavy atom. The molecule has 0 aliphatic carbocycles. The molecule has 0 spiro atoms. The van der Waals surface area contributed by atoms with Gasteiger partial charge in [-0.1, -0.05) is 6.92 Å². The molecule has 0 radical (unpaired) electrons. The van der Waals surface area contributed by atoms with Gasteiger partial charge in [0, 0.05) is 25.4 Å². The Labute approximate surface area is 109 Å². The van der Waals surface area contributed by atoms with Gasteiger partial charge in [0.2, 0.25) is 10.0 Å². The van der Waals surface area contributed by atoms with Crippen molar-refractivity contribution in [3.63, 3.8) is 0 Å². The summed E-state index contributed by atoms with van der Waals surface area (Å²) in [6, 6.07) is 0. The average Bonchev–Trinajstić information content (AvgIpc) is 2.73. The number of sulfonamides is 1. The highest BCUT2D eigenvalue weighted by molar-refractivity contribution is 7.89. The summed E-state index contributed by atoms with van der Waals surface area (Å²) in [5.41, 5.74) is 0.866. The second-order valence-electron chi connectivity index (χ2n) is 4.27. The summed E-state index contributed by atoms with van der Waals surface area (Å²) in [6.45, 7) is 4.06. The Hall–Kier alpha value is -0.920. The van der Waals surface area contributed by atoms with Crippen LogP contribution in [0.15, 0.2) is 12.4 Å². The van der Waals surface area contributed by atoms with Crippen LogP contribution in [0.1, 0.15) is 25.3 Å². The molecule has 6 nitrogen and oxygen atoms in total. The number of nitrogens with one attached hydrogen (secondary N) is 2. The molecule has 0 aromatic carbocycles. The molecule has 0 amide bonds. The van der Waals surface area contributed by atoms with E-state index in [1.54, 1.807) is 24.1 Å². The predicted octanol–water partition coefficient (Wildman–Crippen LogP) is 0.229. The number of rotatable bonds is 9. The van der Waals surface area contributed by atoms with Crippen LogP contribution in [0.5, 0.6) is 0 Å². The first-order valence-corrected chi connectivity index (χ1v) is 7.84. The van der Waals surface area contributed by atoms with Crippen molar-refractivity contribution >= 4 is 10.0 Å². The SMILES string of the molecule is CCCNCCCS(=O)(=O)NCc1cnn(C)c1. The molecule has 18 heavy (non-hydrogen) atoms. The molecule has 104 valence electrons. The number of aromatic nitrogens is 2. The van der Waals surface area contributed by atoms with Gasteiger partial charge in [0.1, 0.15) is 0 Å². The lowest BCUT2D eigenvalue weighted by Gasteiger charge is -2.06. The first kappa shape index (κ1) is 15.1. The monoisotopic (exact) mass is 274 g/mol. The fourth-order valence-electron chi connectivity index (χ4n) is 1.52. The summed E-state index contributed by atoms with van der Waals surface area (Å²) in [5.74, 6) is 0.157. The van der Waals surface area contributed by atoms with E-state index in [-0.39, 0.29) is 5.75 Å². The van der Waals surface area contributed by atoms with Crippen LogP contribution in [0.25, 0.3) is 0 Å². The van der Waals surface area contributed by atoms with Gasteiger partial charge in [0.25, 0.3) is 0 Å². The molecule has 0 unspecified atom stereocenters. The van der Waals surface area contributed by atoms with Crippen LogP contribution in [0.2, 0.25) is 0 Å². The highest BCUT2D eigenvalue weighted by Crippen LogP contribution is 1.97. The van der Waals surface area contributed by atoms with E-state index in [0.717, 1.165) is 25.1 Å². The fourth-order valence-corrected chi connectivity index (χ4v) is 2.57. The van der Waals surface area contributed by atoms with E-state index in [1.807, 2.05) is 0 Å². The summed E-state index contributed by atoms with van der Waals surface area (Å²) < 4.78 is 27.6. The minimum Gasteiger partial charge on any atom is -0.317 e. The van der Waals surface area contributed by atoms with Crippen LogP contribution in [-0.2, 0) is 23.6 Å². The van der Waals surface area contributed by atoms with Gasteiger partial charge in [-0.15, -0.1) is 0 Å². The Morgan fingerprint density at radius 1 is 1.39 bits per heavy atom. The standard InChI is InChI=1S/C11H22N4O2S/c1-3-5-12-6-4-7-18(16,17)14-9-11-8-13-15(2)10-11/h8,10,12,14H,3-7,9H2,1-2H3. The average molecular weight is 274 g/mol. The van der Waals surface area contributed by atoms with E-state index in [0.29, 0.717) is 13.0 Å². The molecule has 1 aromatic heterocycles. The molecule has 0 fully saturated rings. The van der Waals surface area contributed by atoms with E-state index in [2.05, 4.69) is 22.1 Å². The van der Waals surface area contributed by atoms with Crippen molar-refractivity contribution < 1.29 is 8.42 Å². The van der Waals surface area contributed by atoms with Crippen molar-refractivity contribution in [2.75, 3.05) is 18.8 Å². The van der Waals surface area contributed by atoms with Crippen molar-refractivity contribution in [3.05, 3.63) is 18.0 Å². The van der Waals surface area contributed by atoms with Gasteiger partial charge in [0.15, 0.2) is 0 Å². The zero-order valence-corrected chi connectivity index (χ0v) is 11.8. The van der Waals surface area contributed by atoms with Gasteiger partial charge >= 0.3 is 0 Å². The minimum absolute atomic E-state index is 0.157. The zero-order chi connectivity index (χ0) is 13.4. The van der Waals surface area contributed by atoms with Crippen LogP contribution in [-0.4, -0.2) is 37.0 Å². The van der Waals surface area contributed by atoms with Crippen molar-refractivity contribution in [1.82, 2.24) is 19.8 Å². The molecule has 0 atom stereocenters. The summed E-state index contributed by atoms with van der Waals surface area (Å²) in [6.07, 6.45) is 5.14.